The van der Waals surface area contributed by atoms with Crippen molar-refractivity contribution in [1.82, 2.24) is 5.32 Å². The molecule has 258 valence electrons. The third-order valence-corrected chi connectivity index (χ3v) is 14.9. The van der Waals surface area contributed by atoms with Gasteiger partial charge in [-0.3, -0.25) is 14.4 Å². The molecule has 0 saturated heterocycles. The van der Waals surface area contributed by atoms with E-state index < -0.39 is 0 Å². The summed E-state index contributed by atoms with van der Waals surface area (Å²) in [6.45, 7) is 9.47. The summed E-state index contributed by atoms with van der Waals surface area (Å²) < 4.78 is 0. The highest BCUT2D eigenvalue weighted by Gasteiger charge is 2.63. The lowest BCUT2D eigenvalue weighted by Gasteiger charge is -2.59. The highest BCUT2D eigenvalue weighted by atomic mass is 32.1. The van der Waals surface area contributed by atoms with E-state index in [2.05, 4.69) is 50.5 Å². The van der Waals surface area contributed by atoms with Gasteiger partial charge in [0.1, 0.15) is 11.6 Å². The van der Waals surface area contributed by atoms with Crippen LogP contribution in [0.3, 0.4) is 0 Å². The molecule has 0 radical (unpaired) electrons. The van der Waals surface area contributed by atoms with Gasteiger partial charge in [0.15, 0.2) is 0 Å². The van der Waals surface area contributed by atoms with Crippen LogP contribution in [0.4, 0.5) is 0 Å². The first-order valence-electron chi connectivity index (χ1n) is 19.5. The summed E-state index contributed by atoms with van der Waals surface area (Å²) in [6, 6.07) is 4.42. The monoisotopic (exact) mass is 651 g/mol. The molecule has 2 unspecified atom stereocenters. The van der Waals surface area contributed by atoms with Crippen LogP contribution in [-0.2, 0) is 14.4 Å². The number of Topliss-reactive ketones (excluding diaryl/α,β-unsaturated/α-hetero) is 2. The Morgan fingerprint density at radius 3 is 2.24 bits per heavy atom. The fourth-order valence-corrected chi connectivity index (χ4v) is 12.0. The Bertz CT molecular complexity index is 1150. The summed E-state index contributed by atoms with van der Waals surface area (Å²) in [5, 5.41) is 5.61. The van der Waals surface area contributed by atoms with Crippen molar-refractivity contribution in [3.05, 3.63) is 22.4 Å². The minimum atomic E-state index is 0.122. The Kier molecular flexibility index (Phi) is 12.7. The fourth-order valence-electron chi connectivity index (χ4n) is 11.2. The summed E-state index contributed by atoms with van der Waals surface area (Å²) in [6.07, 6.45) is 23.8. The molecule has 0 aromatic carbocycles. The Hall–Kier alpha value is -1.49. The van der Waals surface area contributed by atoms with Crippen molar-refractivity contribution in [1.29, 1.82) is 0 Å². The van der Waals surface area contributed by atoms with Gasteiger partial charge in [0.2, 0.25) is 5.91 Å². The third kappa shape index (κ3) is 8.03. The maximum absolute atomic E-state index is 13.7. The first-order chi connectivity index (χ1) is 22.2. The zero-order valence-electron chi connectivity index (χ0n) is 29.8. The van der Waals surface area contributed by atoms with Gasteiger partial charge in [0, 0.05) is 36.5 Å². The lowest BCUT2D eigenvalue weighted by Crippen LogP contribution is -2.57. The Balaban J connectivity index is 1.10. The highest BCUT2D eigenvalue weighted by molar-refractivity contribution is 7.10. The van der Waals surface area contributed by atoms with Crippen LogP contribution >= 0.6 is 11.3 Å². The first kappa shape index (κ1) is 35.8. The predicted octanol–water partition coefficient (Wildman–Crippen LogP) is 11.0. The quantitative estimate of drug-likeness (QED) is 0.170. The van der Waals surface area contributed by atoms with E-state index in [1.54, 1.807) is 11.3 Å². The molecule has 4 aliphatic rings. The molecule has 1 aromatic heterocycles. The molecule has 5 rings (SSSR count). The van der Waals surface area contributed by atoms with Crippen molar-refractivity contribution in [2.24, 2.45) is 46.3 Å². The SMILES string of the molecule is CCCCCCCCCCCCCC(NC(=O)C[C@@H](C)C1CC[C@H]2[C@@H]3C(=O)C[C@@H]4CC(=O)CC[C@]4(C)[C@H]3CC[C@]12C)c1cccs1. The lowest BCUT2D eigenvalue weighted by atomic mass is 9.44. The number of amides is 1. The van der Waals surface area contributed by atoms with Crippen molar-refractivity contribution >= 4 is 28.8 Å². The van der Waals surface area contributed by atoms with Gasteiger partial charge in [0.25, 0.3) is 0 Å². The summed E-state index contributed by atoms with van der Waals surface area (Å²) in [5.74, 6) is 3.10. The number of ketones is 2. The van der Waals surface area contributed by atoms with Gasteiger partial charge in [-0.05, 0) is 90.4 Å². The van der Waals surface area contributed by atoms with Gasteiger partial charge < -0.3 is 5.32 Å². The maximum Gasteiger partial charge on any atom is 0.220 e. The summed E-state index contributed by atoms with van der Waals surface area (Å²) >= 11 is 1.77. The summed E-state index contributed by atoms with van der Waals surface area (Å²) in [4.78, 5) is 40.9. The van der Waals surface area contributed by atoms with E-state index in [0.29, 0.717) is 60.9 Å². The number of rotatable bonds is 17. The van der Waals surface area contributed by atoms with Crippen LogP contribution < -0.4 is 5.32 Å². The van der Waals surface area contributed by atoms with Crippen LogP contribution in [0.25, 0.3) is 0 Å². The number of thiophene rings is 1. The van der Waals surface area contributed by atoms with Gasteiger partial charge in [-0.2, -0.15) is 0 Å². The van der Waals surface area contributed by atoms with Crippen molar-refractivity contribution in [2.75, 3.05) is 0 Å². The molecular formula is C41H65NO3S. The molecule has 4 nitrogen and oxygen atoms in total. The molecule has 1 amide bonds. The number of carbonyl (C=O) groups is 3. The van der Waals surface area contributed by atoms with E-state index in [0.717, 1.165) is 38.5 Å². The largest absolute Gasteiger partial charge is 0.348 e. The van der Waals surface area contributed by atoms with Gasteiger partial charge in [-0.15, -0.1) is 11.3 Å². The van der Waals surface area contributed by atoms with Crippen molar-refractivity contribution in [3.63, 3.8) is 0 Å². The number of nitrogens with one attached hydrogen (secondary N) is 1. The number of fused-ring (bicyclic) bond motifs is 5. The van der Waals surface area contributed by atoms with E-state index in [1.807, 2.05) is 0 Å². The minimum Gasteiger partial charge on any atom is -0.348 e. The average Bonchev–Trinajstić information content (AvgIpc) is 3.68. The van der Waals surface area contributed by atoms with E-state index >= 15 is 0 Å². The first-order valence-corrected chi connectivity index (χ1v) is 20.4. The van der Waals surface area contributed by atoms with Crippen LogP contribution in [0.15, 0.2) is 17.5 Å². The molecule has 1 N–H and O–H groups in total. The molecular weight excluding hydrogens is 587 g/mol. The van der Waals surface area contributed by atoms with Gasteiger partial charge >= 0.3 is 0 Å². The molecule has 9 atom stereocenters. The zero-order valence-corrected chi connectivity index (χ0v) is 30.6. The number of hydrogen-bond donors (Lipinski definition) is 1. The predicted molar refractivity (Wildman–Crippen MR) is 191 cm³/mol. The third-order valence-electron chi connectivity index (χ3n) is 13.9. The second-order valence-corrected chi connectivity index (χ2v) is 17.7. The number of hydrogen-bond acceptors (Lipinski definition) is 4. The van der Waals surface area contributed by atoms with Crippen LogP contribution in [0.1, 0.15) is 173 Å². The van der Waals surface area contributed by atoms with Crippen LogP contribution in [0.2, 0.25) is 0 Å². The van der Waals surface area contributed by atoms with E-state index in [9.17, 15) is 14.4 Å². The maximum atomic E-state index is 13.7. The van der Waals surface area contributed by atoms with Crippen molar-refractivity contribution in [3.8, 4) is 0 Å². The van der Waals surface area contributed by atoms with Gasteiger partial charge in [0.05, 0.1) is 6.04 Å². The molecule has 46 heavy (non-hydrogen) atoms. The molecule has 4 fully saturated rings. The summed E-state index contributed by atoms with van der Waals surface area (Å²) in [5.41, 5.74) is 0.273. The molecule has 5 heteroatoms. The standard InChI is InChI=1S/C41H65NO3S/c1-5-6-7-8-9-10-11-12-13-14-15-17-35(37-18-16-25-46-37)42-38(45)26-29(2)32-19-20-33-39-34(22-24-41(32,33)4)40(3)23-21-31(43)27-30(40)28-36(39)44/h16,18,25,29-30,32-35,39H,5-15,17,19-24,26-28H2,1-4H3,(H,42,45)/t29-,30+,32?,33+,34+,35?,39+,40+,41-/m1/s1. The van der Waals surface area contributed by atoms with E-state index in [4.69, 9.17) is 0 Å². The zero-order chi connectivity index (χ0) is 32.7. The minimum absolute atomic E-state index is 0.122. The summed E-state index contributed by atoms with van der Waals surface area (Å²) in [7, 11) is 0. The van der Waals surface area contributed by atoms with Gasteiger partial charge in [-0.25, -0.2) is 0 Å². The van der Waals surface area contributed by atoms with Gasteiger partial charge in [-0.1, -0.05) is 104 Å². The highest BCUT2D eigenvalue weighted by Crippen LogP contribution is 2.67. The molecule has 0 aliphatic heterocycles. The second kappa shape index (κ2) is 16.3. The Labute approximate surface area is 285 Å². The van der Waals surface area contributed by atoms with Crippen molar-refractivity contribution in [2.45, 2.75) is 169 Å². The van der Waals surface area contributed by atoms with Crippen LogP contribution in [-0.4, -0.2) is 17.5 Å². The Morgan fingerprint density at radius 2 is 1.57 bits per heavy atom. The number of unbranched alkanes of at least 4 members (excludes halogenated alkanes) is 10. The van der Waals surface area contributed by atoms with Crippen molar-refractivity contribution < 1.29 is 14.4 Å². The molecule has 4 saturated carbocycles. The van der Waals surface area contributed by atoms with E-state index in [-0.39, 0.29) is 34.6 Å². The smallest absolute Gasteiger partial charge is 0.220 e. The number of carbonyl (C=O) groups excluding carboxylic acids is 3. The Morgan fingerprint density at radius 1 is 0.891 bits per heavy atom. The van der Waals surface area contributed by atoms with Crippen LogP contribution in [0.5, 0.6) is 0 Å². The lowest BCUT2D eigenvalue weighted by molar-refractivity contribution is -0.159. The molecule has 1 heterocycles. The second-order valence-electron chi connectivity index (χ2n) is 16.7. The molecule has 0 bridgehead atoms. The fraction of sp³-hybridized carbons (Fsp3) is 0.829. The molecule has 4 aliphatic carbocycles. The average molecular weight is 652 g/mol. The molecule has 1 aromatic rings. The van der Waals surface area contributed by atoms with E-state index in [1.165, 1.54) is 75.5 Å². The molecule has 0 spiro atoms. The topological polar surface area (TPSA) is 63.2 Å². The normalized spacial score (nSPS) is 33.6. The van der Waals surface area contributed by atoms with Crippen LogP contribution in [0, 0.1) is 46.3 Å².